The van der Waals surface area contributed by atoms with Crippen LogP contribution < -0.4 is 5.32 Å². The second-order valence-electron chi connectivity index (χ2n) is 5.09. The van der Waals surface area contributed by atoms with E-state index in [0.717, 1.165) is 19.6 Å². The Kier molecular flexibility index (Phi) is 4.15. The SMILES string of the molecule is CC(O)(Cc1ccccc1)CC1COCCN1. The van der Waals surface area contributed by atoms with Gasteiger partial charge in [-0.3, -0.25) is 0 Å². The van der Waals surface area contributed by atoms with Crippen LogP contribution in [0.4, 0.5) is 0 Å². The van der Waals surface area contributed by atoms with Gasteiger partial charge in [0.1, 0.15) is 0 Å². The first-order valence-electron chi connectivity index (χ1n) is 6.23. The summed E-state index contributed by atoms with van der Waals surface area (Å²) >= 11 is 0. The molecule has 0 saturated carbocycles. The smallest absolute Gasteiger partial charge is 0.0675 e. The molecule has 94 valence electrons. The van der Waals surface area contributed by atoms with Gasteiger partial charge >= 0.3 is 0 Å². The van der Waals surface area contributed by atoms with Crippen molar-refractivity contribution >= 4 is 0 Å². The Morgan fingerprint density at radius 2 is 2.18 bits per heavy atom. The zero-order valence-corrected chi connectivity index (χ0v) is 10.4. The first-order valence-corrected chi connectivity index (χ1v) is 6.23. The normalized spacial score (nSPS) is 24.2. The summed E-state index contributed by atoms with van der Waals surface area (Å²) in [7, 11) is 0. The number of nitrogens with one attached hydrogen (secondary N) is 1. The van der Waals surface area contributed by atoms with Gasteiger partial charge in [0, 0.05) is 19.0 Å². The third-order valence-electron chi connectivity index (χ3n) is 3.11. The van der Waals surface area contributed by atoms with E-state index in [2.05, 4.69) is 17.4 Å². The average molecular weight is 235 g/mol. The molecule has 1 aliphatic rings. The van der Waals surface area contributed by atoms with E-state index in [-0.39, 0.29) is 6.04 Å². The molecule has 3 heteroatoms. The minimum Gasteiger partial charge on any atom is -0.390 e. The van der Waals surface area contributed by atoms with Crippen LogP contribution in [-0.2, 0) is 11.2 Å². The maximum atomic E-state index is 10.4. The number of morpholine rings is 1. The summed E-state index contributed by atoms with van der Waals surface area (Å²) in [4.78, 5) is 0. The van der Waals surface area contributed by atoms with E-state index >= 15 is 0 Å². The fourth-order valence-electron chi connectivity index (χ4n) is 2.39. The molecular formula is C14H21NO2. The lowest BCUT2D eigenvalue weighted by molar-refractivity contribution is 0.00651. The maximum absolute atomic E-state index is 10.4. The molecule has 1 aromatic rings. The fourth-order valence-corrected chi connectivity index (χ4v) is 2.39. The van der Waals surface area contributed by atoms with Crippen LogP contribution in [0.1, 0.15) is 18.9 Å². The fraction of sp³-hybridized carbons (Fsp3) is 0.571. The Balaban J connectivity index is 1.89. The van der Waals surface area contributed by atoms with Crippen molar-refractivity contribution < 1.29 is 9.84 Å². The molecule has 2 atom stereocenters. The van der Waals surface area contributed by atoms with Crippen LogP contribution in [0.25, 0.3) is 0 Å². The zero-order chi connectivity index (χ0) is 12.1. The number of hydrogen-bond donors (Lipinski definition) is 2. The summed E-state index contributed by atoms with van der Waals surface area (Å²) in [6.45, 7) is 4.25. The van der Waals surface area contributed by atoms with Crippen LogP contribution in [-0.4, -0.2) is 36.5 Å². The van der Waals surface area contributed by atoms with Crippen LogP contribution >= 0.6 is 0 Å². The molecule has 2 unspecified atom stereocenters. The van der Waals surface area contributed by atoms with Crippen LogP contribution in [0.2, 0.25) is 0 Å². The average Bonchev–Trinajstić information content (AvgIpc) is 2.30. The van der Waals surface area contributed by atoms with Crippen molar-refractivity contribution in [3.05, 3.63) is 35.9 Å². The number of benzene rings is 1. The van der Waals surface area contributed by atoms with Gasteiger partial charge in [-0.05, 0) is 18.9 Å². The number of aliphatic hydroxyl groups is 1. The number of rotatable bonds is 4. The molecule has 2 rings (SSSR count). The Morgan fingerprint density at radius 1 is 1.41 bits per heavy atom. The van der Waals surface area contributed by atoms with Crippen LogP contribution in [0, 0.1) is 0 Å². The highest BCUT2D eigenvalue weighted by molar-refractivity contribution is 5.16. The van der Waals surface area contributed by atoms with E-state index in [1.54, 1.807) is 0 Å². The number of hydrogen-bond acceptors (Lipinski definition) is 3. The summed E-state index contributed by atoms with van der Waals surface area (Å²) in [6, 6.07) is 10.4. The lowest BCUT2D eigenvalue weighted by Gasteiger charge is -2.31. The van der Waals surface area contributed by atoms with Gasteiger partial charge in [-0.1, -0.05) is 30.3 Å². The van der Waals surface area contributed by atoms with E-state index in [9.17, 15) is 5.11 Å². The zero-order valence-electron chi connectivity index (χ0n) is 10.4. The molecule has 0 amide bonds. The standard InChI is InChI=1S/C14H21NO2/c1-14(16,9-12-5-3-2-4-6-12)10-13-11-17-8-7-15-13/h2-6,13,15-16H,7-11H2,1H3. The minimum atomic E-state index is -0.681. The Hall–Kier alpha value is -0.900. The first kappa shape index (κ1) is 12.6. The number of ether oxygens (including phenoxy) is 1. The largest absolute Gasteiger partial charge is 0.390 e. The monoisotopic (exact) mass is 235 g/mol. The van der Waals surface area contributed by atoms with Gasteiger partial charge in [-0.15, -0.1) is 0 Å². The van der Waals surface area contributed by atoms with Gasteiger partial charge in [0.15, 0.2) is 0 Å². The molecule has 1 fully saturated rings. The Morgan fingerprint density at radius 3 is 2.82 bits per heavy atom. The summed E-state index contributed by atoms with van der Waals surface area (Å²) < 4.78 is 5.40. The second-order valence-corrected chi connectivity index (χ2v) is 5.09. The summed E-state index contributed by atoms with van der Waals surface area (Å²) in [5, 5.41) is 13.8. The van der Waals surface area contributed by atoms with Crippen molar-refractivity contribution in [1.29, 1.82) is 0 Å². The molecule has 1 aromatic carbocycles. The summed E-state index contributed by atoms with van der Waals surface area (Å²) in [5.41, 5.74) is 0.494. The van der Waals surface area contributed by atoms with E-state index in [1.807, 2.05) is 25.1 Å². The molecule has 0 aromatic heterocycles. The van der Waals surface area contributed by atoms with Gasteiger partial charge < -0.3 is 15.2 Å². The van der Waals surface area contributed by atoms with Gasteiger partial charge in [-0.2, -0.15) is 0 Å². The molecular weight excluding hydrogens is 214 g/mol. The summed E-state index contributed by atoms with van der Waals surface area (Å²) in [5.74, 6) is 0. The van der Waals surface area contributed by atoms with Crippen molar-refractivity contribution in [3.63, 3.8) is 0 Å². The molecule has 0 radical (unpaired) electrons. The molecule has 0 aliphatic carbocycles. The predicted octanol–water partition coefficient (Wildman–Crippen LogP) is 1.36. The quantitative estimate of drug-likeness (QED) is 0.828. The molecule has 1 aliphatic heterocycles. The third-order valence-corrected chi connectivity index (χ3v) is 3.11. The van der Waals surface area contributed by atoms with Gasteiger partial charge in [-0.25, -0.2) is 0 Å². The molecule has 0 spiro atoms. The van der Waals surface area contributed by atoms with Crippen molar-refractivity contribution in [2.75, 3.05) is 19.8 Å². The van der Waals surface area contributed by atoms with Gasteiger partial charge in [0.2, 0.25) is 0 Å². The van der Waals surface area contributed by atoms with Crippen molar-refractivity contribution in [1.82, 2.24) is 5.32 Å². The Bertz CT molecular complexity index is 331. The van der Waals surface area contributed by atoms with E-state index in [1.165, 1.54) is 5.56 Å². The predicted molar refractivity (Wildman–Crippen MR) is 68.0 cm³/mol. The van der Waals surface area contributed by atoms with Crippen LogP contribution in [0.15, 0.2) is 30.3 Å². The van der Waals surface area contributed by atoms with E-state index < -0.39 is 5.60 Å². The van der Waals surface area contributed by atoms with E-state index in [4.69, 9.17) is 4.74 Å². The van der Waals surface area contributed by atoms with Gasteiger partial charge in [0.25, 0.3) is 0 Å². The highest BCUT2D eigenvalue weighted by atomic mass is 16.5. The maximum Gasteiger partial charge on any atom is 0.0675 e. The second kappa shape index (κ2) is 5.63. The molecule has 17 heavy (non-hydrogen) atoms. The third kappa shape index (κ3) is 4.11. The van der Waals surface area contributed by atoms with Crippen molar-refractivity contribution in [3.8, 4) is 0 Å². The highest BCUT2D eigenvalue weighted by Crippen LogP contribution is 2.19. The lowest BCUT2D eigenvalue weighted by Crippen LogP contribution is -2.46. The minimum absolute atomic E-state index is 0.266. The van der Waals surface area contributed by atoms with Crippen molar-refractivity contribution in [2.45, 2.75) is 31.4 Å². The molecule has 0 bridgehead atoms. The van der Waals surface area contributed by atoms with E-state index in [0.29, 0.717) is 13.0 Å². The highest BCUT2D eigenvalue weighted by Gasteiger charge is 2.26. The summed E-state index contributed by atoms with van der Waals surface area (Å²) in [6.07, 6.45) is 1.41. The molecule has 1 saturated heterocycles. The first-order chi connectivity index (χ1) is 8.16. The van der Waals surface area contributed by atoms with Crippen LogP contribution in [0.3, 0.4) is 0 Å². The molecule has 1 heterocycles. The Labute approximate surface area is 103 Å². The van der Waals surface area contributed by atoms with Crippen molar-refractivity contribution in [2.24, 2.45) is 0 Å². The molecule has 2 N–H and O–H groups in total. The topological polar surface area (TPSA) is 41.5 Å². The molecule has 3 nitrogen and oxygen atoms in total. The van der Waals surface area contributed by atoms with Gasteiger partial charge in [0.05, 0.1) is 18.8 Å². The lowest BCUT2D eigenvalue weighted by atomic mass is 9.90. The van der Waals surface area contributed by atoms with Crippen LogP contribution in [0.5, 0.6) is 0 Å².